The molecule has 0 bridgehead atoms. The van der Waals surface area contributed by atoms with Gasteiger partial charge in [-0.2, -0.15) is 0 Å². The summed E-state index contributed by atoms with van der Waals surface area (Å²) in [7, 11) is 0. The second-order valence-corrected chi connectivity index (χ2v) is 5.31. The zero-order valence-electron chi connectivity index (χ0n) is 10.7. The molecule has 1 heterocycles. The summed E-state index contributed by atoms with van der Waals surface area (Å²) >= 11 is 3.34. The second kappa shape index (κ2) is 6.48. The lowest BCUT2D eigenvalue weighted by Gasteiger charge is -2.05. The van der Waals surface area contributed by atoms with Crippen LogP contribution in [0.4, 0.5) is 5.82 Å². The monoisotopic (exact) mass is 318 g/mol. The molecule has 3 nitrogen and oxygen atoms in total. The van der Waals surface area contributed by atoms with E-state index in [4.69, 9.17) is 0 Å². The Hall–Kier alpha value is -1.68. The van der Waals surface area contributed by atoms with Crippen LogP contribution in [0.3, 0.4) is 0 Å². The Balaban J connectivity index is 1.88. The fraction of sp³-hybridized carbons (Fsp3) is 0.200. The van der Waals surface area contributed by atoms with Gasteiger partial charge in [-0.05, 0) is 31.0 Å². The standard InChI is InChI=1S/C15H15BrN2O/c1-11-3-2-4-12(9-11)5-6-15(19)18-14-10-13(16)7-8-17-14/h2-4,7-10H,5-6H2,1H3,(H,17,18,19). The molecule has 0 fully saturated rings. The fourth-order valence-corrected chi connectivity index (χ4v) is 2.14. The molecule has 2 rings (SSSR count). The summed E-state index contributed by atoms with van der Waals surface area (Å²) < 4.78 is 0.900. The summed E-state index contributed by atoms with van der Waals surface area (Å²) in [6.45, 7) is 2.05. The van der Waals surface area contributed by atoms with Crippen molar-refractivity contribution in [3.63, 3.8) is 0 Å². The van der Waals surface area contributed by atoms with Gasteiger partial charge >= 0.3 is 0 Å². The molecule has 0 unspecified atom stereocenters. The van der Waals surface area contributed by atoms with Crippen molar-refractivity contribution in [1.29, 1.82) is 0 Å². The number of aromatic nitrogens is 1. The molecule has 2 aromatic rings. The molecule has 19 heavy (non-hydrogen) atoms. The highest BCUT2D eigenvalue weighted by Crippen LogP contribution is 2.13. The quantitative estimate of drug-likeness (QED) is 0.933. The molecule has 0 saturated carbocycles. The number of aryl methyl sites for hydroxylation is 2. The Morgan fingerprint density at radius 2 is 2.16 bits per heavy atom. The SMILES string of the molecule is Cc1cccc(CCC(=O)Nc2cc(Br)ccn2)c1. The first-order valence-electron chi connectivity index (χ1n) is 6.10. The van der Waals surface area contributed by atoms with Gasteiger partial charge in [0.05, 0.1) is 0 Å². The maximum atomic E-state index is 11.8. The minimum atomic E-state index is -0.0212. The minimum Gasteiger partial charge on any atom is -0.311 e. The summed E-state index contributed by atoms with van der Waals surface area (Å²) in [4.78, 5) is 15.9. The van der Waals surface area contributed by atoms with Crippen molar-refractivity contribution >= 4 is 27.7 Å². The number of rotatable bonds is 4. The molecule has 1 aromatic carbocycles. The molecule has 1 aromatic heterocycles. The van der Waals surface area contributed by atoms with Gasteiger partial charge in [-0.25, -0.2) is 4.98 Å². The molecule has 1 N–H and O–H groups in total. The van der Waals surface area contributed by atoms with Gasteiger partial charge in [0.1, 0.15) is 5.82 Å². The average Bonchev–Trinajstić information content (AvgIpc) is 2.36. The predicted octanol–water partition coefficient (Wildman–Crippen LogP) is 3.72. The van der Waals surface area contributed by atoms with Crippen LogP contribution in [0.15, 0.2) is 47.1 Å². The lowest BCUT2D eigenvalue weighted by atomic mass is 10.1. The molecule has 0 aliphatic rings. The molecule has 0 aliphatic heterocycles. The highest BCUT2D eigenvalue weighted by atomic mass is 79.9. The summed E-state index contributed by atoms with van der Waals surface area (Å²) in [5.41, 5.74) is 2.39. The lowest BCUT2D eigenvalue weighted by Crippen LogP contribution is -2.13. The molecule has 0 atom stereocenters. The van der Waals surface area contributed by atoms with Crippen molar-refractivity contribution in [3.05, 3.63) is 58.2 Å². The highest BCUT2D eigenvalue weighted by molar-refractivity contribution is 9.10. The molecule has 0 aliphatic carbocycles. The third-order valence-corrected chi connectivity index (χ3v) is 3.21. The molecule has 0 saturated heterocycles. The maximum Gasteiger partial charge on any atom is 0.225 e. The van der Waals surface area contributed by atoms with Gasteiger partial charge in [-0.1, -0.05) is 45.8 Å². The second-order valence-electron chi connectivity index (χ2n) is 4.40. The summed E-state index contributed by atoms with van der Waals surface area (Å²) in [5, 5.41) is 2.79. The molecule has 1 amide bonds. The first-order chi connectivity index (χ1) is 9.13. The lowest BCUT2D eigenvalue weighted by molar-refractivity contribution is -0.116. The van der Waals surface area contributed by atoms with Gasteiger partial charge in [-0.3, -0.25) is 4.79 Å². The van der Waals surface area contributed by atoms with Crippen molar-refractivity contribution in [2.24, 2.45) is 0 Å². The first kappa shape index (κ1) is 13.7. The highest BCUT2D eigenvalue weighted by Gasteiger charge is 2.04. The Kier molecular flexibility index (Phi) is 4.68. The Labute approximate surface area is 121 Å². The number of pyridine rings is 1. The van der Waals surface area contributed by atoms with Crippen LogP contribution in [0.2, 0.25) is 0 Å². The van der Waals surface area contributed by atoms with E-state index in [1.54, 1.807) is 12.3 Å². The van der Waals surface area contributed by atoms with E-state index in [-0.39, 0.29) is 5.91 Å². The first-order valence-corrected chi connectivity index (χ1v) is 6.90. The van der Waals surface area contributed by atoms with Gasteiger partial charge in [0.25, 0.3) is 0 Å². The predicted molar refractivity (Wildman–Crippen MR) is 80.1 cm³/mol. The van der Waals surface area contributed by atoms with Crippen molar-refractivity contribution in [2.45, 2.75) is 19.8 Å². The fourth-order valence-electron chi connectivity index (χ4n) is 1.80. The van der Waals surface area contributed by atoms with Crippen LogP contribution in [0.25, 0.3) is 0 Å². The summed E-state index contributed by atoms with van der Waals surface area (Å²) in [6, 6.07) is 11.8. The number of anilines is 1. The number of hydrogen-bond donors (Lipinski definition) is 1. The van der Waals surface area contributed by atoms with E-state index >= 15 is 0 Å². The van der Waals surface area contributed by atoms with E-state index in [9.17, 15) is 4.79 Å². The molecule has 0 radical (unpaired) electrons. The molecule has 4 heteroatoms. The van der Waals surface area contributed by atoms with Crippen LogP contribution in [0.1, 0.15) is 17.5 Å². The van der Waals surface area contributed by atoms with Gasteiger partial charge < -0.3 is 5.32 Å². The van der Waals surface area contributed by atoms with Gasteiger partial charge in [0, 0.05) is 17.1 Å². The van der Waals surface area contributed by atoms with Crippen molar-refractivity contribution in [3.8, 4) is 0 Å². The average molecular weight is 319 g/mol. The minimum absolute atomic E-state index is 0.0212. The van der Waals surface area contributed by atoms with E-state index in [2.05, 4.69) is 45.3 Å². The summed E-state index contributed by atoms with van der Waals surface area (Å²) in [5.74, 6) is 0.552. The van der Waals surface area contributed by atoms with Gasteiger partial charge in [-0.15, -0.1) is 0 Å². The van der Waals surface area contributed by atoms with E-state index in [1.165, 1.54) is 11.1 Å². The van der Waals surface area contributed by atoms with Gasteiger partial charge in [0.2, 0.25) is 5.91 Å². The number of hydrogen-bond acceptors (Lipinski definition) is 2. The molecule has 0 spiro atoms. The maximum absolute atomic E-state index is 11.8. The topological polar surface area (TPSA) is 42.0 Å². The summed E-state index contributed by atoms with van der Waals surface area (Å²) in [6.07, 6.45) is 2.85. The number of benzene rings is 1. The largest absolute Gasteiger partial charge is 0.311 e. The van der Waals surface area contributed by atoms with Crippen LogP contribution in [0.5, 0.6) is 0 Å². The van der Waals surface area contributed by atoms with Crippen LogP contribution in [-0.2, 0) is 11.2 Å². The van der Waals surface area contributed by atoms with Gasteiger partial charge in [0.15, 0.2) is 0 Å². The number of amides is 1. The zero-order valence-corrected chi connectivity index (χ0v) is 12.3. The number of nitrogens with zero attached hydrogens (tertiary/aromatic N) is 1. The number of carbonyl (C=O) groups excluding carboxylic acids is 1. The van der Waals surface area contributed by atoms with E-state index in [1.807, 2.05) is 18.2 Å². The molecule has 98 valence electrons. The van der Waals surface area contributed by atoms with E-state index in [0.29, 0.717) is 12.2 Å². The Morgan fingerprint density at radius 3 is 2.89 bits per heavy atom. The van der Waals surface area contributed by atoms with Crippen molar-refractivity contribution in [2.75, 3.05) is 5.32 Å². The normalized spacial score (nSPS) is 10.2. The van der Waals surface area contributed by atoms with E-state index < -0.39 is 0 Å². The van der Waals surface area contributed by atoms with Crippen molar-refractivity contribution < 1.29 is 4.79 Å². The zero-order chi connectivity index (χ0) is 13.7. The Morgan fingerprint density at radius 1 is 1.32 bits per heavy atom. The van der Waals surface area contributed by atoms with E-state index in [0.717, 1.165) is 10.9 Å². The van der Waals surface area contributed by atoms with Crippen LogP contribution in [-0.4, -0.2) is 10.9 Å². The molecular weight excluding hydrogens is 304 g/mol. The van der Waals surface area contributed by atoms with Crippen molar-refractivity contribution in [1.82, 2.24) is 4.98 Å². The number of halogens is 1. The number of carbonyl (C=O) groups is 1. The van der Waals surface area contributed by atoms with Crippen LogP contribution < -0.4 is 5.32 Å². The number of nitrogens with one attached hydrogen (secondary N) is 1. The molecular formula is C15H15BrN2O. The smallest absolute Gasteiger partial charge is 0.225 e. The third-order valence-electron chi connectivity index (χ3n) is 2.71. The van der Waals surface area contributed by atoms with Crippen LogP contribution >= 0.6 is 15.9 Å². The third kappa shape index (κ3) is 4.48. The Bertz CT molecular complexity index is 584. The van der Waals surface area contributed by atoms with Crippen LogP contribution in [0, 0.1) is 6.92 Å².